The van der Waals surface area contributed by atoms with E-state index >= 15 is 0 Å². The number of piperidine rings is 1. The number of hydrogen-bond donors (Lipinski definition) is 1. The predicted molar refractivity (Wildman–Crippen MR) is 103 cm³/mol. The molecule has 1 aliphatic rings. The maximum atomic E-state index is 12.9. The topological polar surface area (TPSA) is 64.2 Å². The smallest absolute Gasteiger partial charge is 0.226 e. The highest BCUT2D eigenvalue weighted by Gasteiger charge is 2.31. The van der Waals surface area contributed by atoms with Gasteiger partial charge in [0.2, 0.25) is 5.91 Å². The van der Waals surface area contributed by atoms with E-state index in [0.717, 1.165) is 37.2 Å². The minimum absolute atomic E-state index is 0. The molecule has 7 heteroatoms. The van der Waals surface area contributed by atoms with Crippen LogP contribution < -0.4 is 5.73 Å². The normalized spacial score (nSPS) is 21.7. The number of rotatable bonds is 4. The van der Waals surface area contributed by atoms with Gasteiger partial charge in [0.1, 0.15) is 0 Å². The van der Waals surface area contributed by atoms with Gasteiger partial charge in [-0.15, -0.1) is 24.8 Å². The summed E-state index contributed by atoms with van der Waals surface area (Å²) in [6.07, 6.45) is 2.87. The molecule has 1 aromatic rings. The van der Waals surface area contributed by atoms with Crippen LogP contribution in [0.5, 0.6) is 0 Å². The summed E-state index contributed by atoms with van der Waals surface area (Å²) < 4.78 is 1.90. The Morgan fingerprint density at radius 3 is 2.50 bits per heavy atom. The second-order valence-electron chi connectivity index (χ2n) is 6.93. The average Bonchev–Trinajstić information content (AvgIpc) is 2.72. The Morgan fingerprint density at radius 1 is 1.38 bits per heavy atom. The minimum Gasteiger partial charge on any atom is -0.338 e. The minimum atomic E-state index is -0.0240. The fourth-order valence-electron chi connectivity index (χ4n) is 3.55. The van der Waals surface area contributed by atoms with Gasteiger partial charge in [-0.1, -0.05) is 13.8 Å². The third-order valence-electron chi connectivity index (χ3n) is 5.12. The lowest BCUT2D eigenvalue weighted by atomic mass is 9.90. The van der Waals surface area contributed by atoms with Crippen LogP contribution >= 0.6 is 24.8 Å². The molecule has 0 bridgehead atoms. The molecule has 1 fully saturated rings. The highest BCUT2D eigenvalue weighted by Crippen LogP contribution is 2.25. The van der Waals surface area contributed by atoms with Crippen molar-refractivity contribution in [2.24, 2.45) is 24.6 Å². The molecule has 2 heterocycles. The number of nitrogens with two attached hydrogens (primary N) is 1. The van der Waals surface area contributed by atoms with E-state index in [1.165, 1.54) is 5.56 Å². The number of carbonyl (C=O) groups is 1. The van der Waals surface area contributed by atoms with Crippen molar-refractivity contribution in [2.45, 2.75) is 53.0 Å². The highest BCUT2D eigenvalue weighted by molar-refractivity contribution is 5.85. The number of likely N-dealkylation sites (tertiary alicyclic amines) is 1. The van der Waals surface area contributed by atoms with Gasteiger partial charge in [-0.05, 0) is 44.6 Å². The van der Waals surface area contributed by atoms with Crippen LogP contribution in [-0.2, 0) is 18.3 Å². The number of aromatic nitrogens is 2. The molecular weight excluding hydrogens is 347 g/mol. The Morgan fingerprint density at radius 2 is 2.00 bits per heavy atom. The molecule has 0 saturated carbocycles. The van der Waals surface area contributed by atoms with Gasteiger partial charge in [-0.2, -0.15) is 5.10 Å². The maximum absolute atomic E-state index is 12.9. The number of nitrogens with zero attached hydrogens (tertiary/aromatic N) is 3. The van der Waals surface area contributed by atoms with Crippen LogP contribution in [0.1, 0.15) is 43.6 Å². The Bertz CT molecular complexity index is 547. The first-order valence-electron chi connectivity index (χ1n) is 8.34. The van der Waals surface area contributed by atoms with Crippen molar-refractivity contribution in [1.29, 1.82) is 0 Å². The van der Waals surface area contributed by atoms with Crippen molar-refractivity contribution >= 4 is 30.7 Å². The SMILES string of the molecule is Cc1nn(C)c(C)c1CC(C)C(=O)N1CCC(C)CC1CN.Cl.Cl. The zero-order valence-corrected chi connectivity index (χ0v) is 17.0. The van der Waals surface area contributed by atoms with E-state index in [1.807, 2.05) is 30.5 Å². The Labute approximate surface area is 158 Å². The first kappa shape index (κ1) is 23.2. The molecule has 2 rings (SSSR count). The van der Waals surface area contributed by atoms with Gasteiger partial charge < -0.3 is 10.6 Å². The summed E-state index contributed by atoms with van der Waals surface area (Å²) in [7, 11) is 1.95. The predicted octanol–water partition coefficient (Wildman–Crippen LogP) is 2.64. The van der Waals surface area contributed by atoms with Crippen LogP contribution in [0.3, 0.4) is 0 Å². The number of halogens is 2. The monoisotopic (exact) mass is 378 g/mol. The van der Waals surface area contributed by atoms with Gasteiger partial charge >= 0.3 is 0 Å². The summed E-state index contributed by atoms with van der Waals surface area (Å²) in [6.45, 7) is 9.77. The van der Waals surface area contributed by atoms with Crippen molar-refractivity contribution in [1.82, 2.24) is 14.7 Å². The van der Waals surface area contributed by atoms with Gasteiger partial charge in [0.05, 0.1) is 5.69 Å². The van der Waals surface area contributed by atoms with Gasteiger partial charge in [-0.3, -0.25) is 9.48 Å². The summed E-state index contributed by atoms with van der Waals surface area (Å²) in [5.41, 5.74) is 9.28. The molecule has 3 unspecified atom stereocenters. The Hall–Kier alpha value is -0.780. The van der Waals surface area contributed by atoms with Crippen LogP contribution in [0.15, 0.2) is 0 Å². The molecule has 0 aliphatic carbocycles. The second-order valence-corrected chi connectivity index (χ2v) is 6.93. The van der Waals surface area contributed by atoms with Crippen molar-refractivity contribution in [3.8, 4) is 0 Å². The first-order valence-corrected chi connectivity index (χ1v) is 8.34. The van der Waals surface area contributed by atoms with E-state index in [-0.39, 0.29) is 42.7 Å². The first-order chi connectivity index (χ1) is 10.3. The van der Waals surface area contributed by atoms with Crippen molar-refractivity contribution < 1.29 is 4.79 Å². The summed E-state index contributed by atoms with van der Waals surface area (Å²) in [4.78, 5) is 14.9. The largest absolute Gasteiger partial charge is 0.338 e. The summed E-state index contributed by atoms with van der Waals surface area (Å²) >= 11 is 0. The molecule has 0 aromatic carbocycles. The van der Waals surface area contributed by atoms with Crippen molar-refractivity contribution in [2.75, 3.05) is 13.1 Å². The van der Waals surface area contributed by atoms with Crippen LogP contribution in [0.25, 0.3) is 0 Å². The van der Waals surface area contributed by atoms with Gasteiger partial charge in [0.25, 0.3) is 0 Å². The number of amides is 1. The zero-order valence-electron chi connectivity index (χ0n) is 15.4. The van der Waals surface area contributed by atoms with E-state index in [9.17, 15) is 4.79 Å². The van der Waals surface area contributed by atoms with Crippen LogP contribution in [0.4, 0.5) is 0 Å². The quantitative estimate of drug-likeness (QED) is 0.875. The highest BCUT2D eigenvalue weighted by atomic mass is 35.5. The second kappa shape index (κ2) is 9.64. The fraction of sp³-hybridized carbons (Fsp3) is 0.765. The van der Waals surface area contributed by atoms with E-state index < -0.39 is 0 Å². The lowest BCUT2D eigenvalue weighted by Gasteiger charge is -2.39. The fourth-order valence-corrected chi connectivity index (χ4v) is 3.55. The van der Waals surface area contributed by atoms with Crippen molar-refractivity contribution in [3.05, 3.63) is 17.0 Å². The summed E-state index contributed by atoms with van der Waals surface area (Å²) in [5, 5.41) is 4.45. The molecule has 3 atom stereocenters. The molecule has 1 saturated heterocycles. The van der Waals surface area contributed by atoms with Gasteiger partial charge in [0.15, 0.2) is 0 Å². The van der Waals surface area contributed by atoms with Crippen LogP contribution in [0, 0.1) is 25.7 Å². The van der Waals surface area contributed by atoms with E-state index in [4.69, 9.17) is 5.73 Å². The Kier molecular flexibility index (Phi) is 9.32. The molecule has 1 aromatic heterocycles. The third-order valence-corrected chi connectivity index (χ3v) is 5.12. The number of aryl methyl sites for hydroxylation is 2. The zero-order chi connectivity index (χ0) is 16.4. The standard InChI is InChI=1S/C17H30N4O.2ClH/c1-11-6-7-21(15(8-11)10-18)17(22)12(2)9-16-13(3)19-20(5)14(16)4;;/h11-12,15H,6-10,18H2,1-5H3;2*1H. The summed E-state index contributed by atoms with van der Waals surface area (Å²) in [6, 6.07) is 0.204. The molecule has 0 spiro atoms. The average molecular weight is 379 g/mol. The van der Waals surface area contributed by atoms with E-state index in [1.54, 1.807) is 0 Å². The molecular formula is C17H32Cl2N4O. The Balaban J connectivity index is 0.00000264. The molecule has 0 radical (unpaired) electrons. The van der Waals surface area contributed by atoms with E-state index in [2.05, 4.69) is 18.9 Å². The molecule has 24 heavy (non-hydrogen) atoms. The maximum Gasteiger partial charge on any atom is 0.226 e. The molecule has 1 amide bonds. The number of carbonyl (C=O) groups excluding carboxylic acids is 1. The van der Waals surface area contributed by atoms with Gasteiger partial charge in [0, 0.05) is 37.8 Å². The third kappa shape index (κ3) is 4.87. The summed E-state index contributed by atoms with van der Waals surface area (Å²) in [5.74, 6) is 0.879. The van der Waals surface area contributed by atoms with Crippen molar-refractivity contribution in [3.63, 3.8) is 0 Å². The lowest BCUT2D eigenvalue weighted by Crippen LogP contribution is -2.51. The van der Waals surface area contributed by atoms with Gasteiger partial charge in [-0.25, -0.2) is 0 Å². The van der Waals surface area contributed by atoms with Crippen LogP contribution in [-0.4, -0.2) is 39.7 Å². The van der Waals surface area contributed by atoms with E-state index in [0.29, 0.717) is 12.5 Å². The molecule has 5 nitrogen and oxygen atoms in total. The molecule has 2 N–H and O–H groups in total. The number of hydrogen-bond acceptors (Lipinski definition) is 3. The molecule has 140 valence electrons. The lowest BCUT2D eigenvalue weighted by molar-refractivity contribution is -0.139. The van der Waals surface area contributed by atoms with Crippen LogP contribution in [0.2, 0.25) is 0 Å². The molecule has 1 aliphatic heterocycles.